The van der Waals surface area contributed by atoms with E-state index >= 15 is 0 Å². The zero-order valence-electron chi connectivity index (χ0n) is 7.81. The number of hydrogen-bond acceptors (Lipinski definition) is 6. The molecule has 1 aromatic heterocycles. The minimum Gasteiger partial charge on any atom is -0.395 e. The summed E-state index contributed by atoms with van der Waals surface area (Å²) in [4.78, 5) is 1.94. The number of ether oxygens (including phenoxy) is 1. The van der Waals surface area contributed by atoms with Crippen LogP contribution in [0.25, 0.3) is 0 Å². The summed E-state index contributed by atoms with van der Waals surface area (Å²) in [6.07, 6.45) is 0. The fourth-order valence-corrected chi connectivity index (χ4v) is 2.09. The molecule has 0 bridgehead atoms. The van der Waals surface area contributed by atoms with Crippen LogP contribution in [0, 0.1) is 0 Å². The molecule has 0 aliphatic heterocycles. The minimum absolute atomic E-state index is 0.0981. The Hall–Kier alpha value is -0.240. The molecule has 0 amide bonds. The second-order valence-corrected chi connectivity index (χ2v) is 4.77. The lowest BCUT2D eigenvalue weighted by molar-refractivity contribution is 0.203. The second-order valence-electron chi connectivity index (χ2n) is 2.54. The van der Waals surface area contributed by atoms with Gasteiger partial charge in [-0.25, -0.2) is 0 Å². The normalized spacial score (nSPS) is 10.5. The van der Waals surface area contributed by atoms with E-state index in [1.807, 2.05) is 4.90 Å². The summed E-state index contributed by atoms with van der Waals surface area (Å²) in [6.45, 7) is 1.96. The number of rotatable bonds is 6. The highest BCUT2D eigenvalue weighted by molar-refractivity contribution is 9.11. The Kier molecular flexibility index (Phi) is 5.31. The van der Waals surface area contributed by atoms with Gasteiger partial charge < -0.3 is 14.7 Å². The molecule has 14 heavy (non-hydrogen) atoms. The van der Waals surface area contributed by atoms with Crippen LogP contribution in [0.1, 0.15) is 0 Å². The zero-order chi connectivity index (χ0) is 10.4. The molecule has 0 saturated carbocycles. The van der Waals surface area contributed by atoms with Crippen LogP contribution >= 0.6 is 27.3 Å². The van der Waals surface area contributed by atoms with Crippen molar-refractivity contribution in [1.29, 1.82) is 0 Å². The lowest BCUT2D eigenvalue weighted by atomic mass is 10.5. The van der Waals surface area contributed by atoms with Crippen LogP contribution in [0.2, 0.25) is 0 Å². The fraction of sp³-hybridized carbons (Fsp3) is 0.714. The van der Waals surface area contributed by atoms with Gasteiger partial charge in [0, 0.05) is 20.2 Å². The van der Waals surface area contributed by atoms with Crippen LogP contribution in [0.5, 0.6) is 0 Å². The molecule has 5 nitrogen and oxygen atoms in total. The van der Waals surface area contributed by atoms with Crippen molar-refractivity contribution in [2.24, 2.45) is 0 Å². The van der Waals surface area contributed by atoms with E-state index < -0.39 is 0 Å². The van der Waals surface area contributed by atoms with Crippen LogP contribution < -0.4 is 4.90 Å². The maximum Gasteiger partial charge on any atom is 0.209 e. The Morgan fingerprint density at radius 2 is 2.29 bits per heavy atom. The van der Waals surface area contributed by atoms with Crippen LogP contribution in [-0.4, -0.2) is 48.7 Å². The van der Waals surface area contributed by atoms with E-state index in [9.17, 15) is 0 Å². The van der Waals surface area contributed by atoms with Crippen molar-refractivity contribution in [3.63, 3.8) is 0 Å². The van der Waals surface area contributed by atoms with Gasteiger partial charge in [0.15, 0.2) is 3.92 Å². The highest BCUT2D eigenvalue weighted by Crippen LogP contribution is 2.23. The number of aliphatic hydroxyl groups excluding tert-OH is 1. The molecule has 0 aromatic carbocycles. The van der Waals surface area contributed by atoms with E-state index in [1.54, 1.807) is 7.11 Å². The predicted octanol–water partition coefficient (Wildman–Crippen LogP) is 0.746. The number of halogens is 1. The van der Waals surface area contributed by atoms with Gasteiger partial charge in [-0.2, -0.15) is 0 Å². The maximum absolute atomic E-state index is 8.87. The van der Waals surface area contributed by atoms with Crippen molar-refractivity contribution >= 4 is 32.4 Å². The summed E-state index contributed by atoms with van der Waals surface area (Å²) in [6, 6.07) is 0. The Labute approximate surface area is 94.8 Å². The topological polar surface area (TPSA) is 58.5 Å². The molecule has 0 saturated heterocycles. The third-order valence-corrected chi connectivity index (χ3v) is 3.01. The molecule has 1 heterocycles. The van der Waals surface area contributed by atoms with Crippen molar-refractivity contribution in [2.45, 2.75) is 0 Å². The van der Waals surface area contributed by atoms with Crippen molar-refractivity contribution in [2.75, 3.05) is 38.3 Å². The predicted molar refractivity (Wildman–Crippen MR) is 58.8 cm³/mol. The lowest BCUT2D eigenvalue weighted by Crippen LogP contribution is -2.30. The second kappa shape index (κ2) is 6.28. The quantitative estimate of drug-likeness (QED) is 0.834. The first-order valence-corrected chi connectivity index (χ1v) is 5.72. The Morgan fingerprint density at radius 3 is 2.79 bits per heavy atom. The molecule has 1 N–H and O–H groups in total. The van der Waals surface area contributed by atoms with Gasteiger partial charge in [-0.3, -0.25) is 0 Å². The molecule has 0 aliphatic carbocycles. The summed E-state index contributed by atoms with van der Waals surface area (Å²) < 4.78 is 5.71. The average Bonchev–Trinajstić information content (AvgIpc) is 2.59. The maximum atomic E-state index is 8.87. The Balaban J connectivity index is 2.57. The van der Waals surface area contributed by atoms with Gasteiger partial charge >= 0.3 is 0 Å². The first-order chi connectivity index (χ1) is 6.77. The van der Waals surface area contributed by atoms with Gasteiger partial charge in [-0.15, -0.1) is 10.2 Å². The van der Waals surface area contributed by atoms with Gasteiger partial charge in [0.1, 0.15) is 0 Å². The summed E-state index contributed by atoms with van der Waals surface area (Å²) in [7, 11) is 1.65. The van der Waals surface area contributed by atoms with E-state index in [0.29, 0.717) is 19.7 Å². The van der Waals surface area contributed by atoms with Gasteiger partial charge in [-0.1, -0.05) is 11.3 Å². The highest BCUT2D eigenvalue weighted by atomic mass is 79.9. The van der Waals surface area contributed by atoms with E-state index in [2.05, 4.69) is 26.1 Å². The molecule has 1 rings (SSSR count). The van der Waals surface area contributed by atoms with Crippen molar-refractivity contribution in [1.82, 2.24) is 10.2 Å². The molecular weight excluding hydrogens is 270 g/mol. The molecule has 0 aliphatic rings. The summed E-state index contributed by atoms with van der Waals surface area (Å²) in [5, 5.41) is 17.5. The smallest absolute Gasteiger partial charge is 0.209 e. The van der Waals surface area contributed by atoms with Gasteiger partial charge in [0.25, 0.3) is 0 Å². The van der Waals surface area contributed by atoms with Crippen LogP contribution in [0.15, 0.2) is 3.92 Å². The molecule has 7 heteroatoms. The van der Waals surface area contributed by atoms with Crippen molar-refractivity contribution < 1.29 is 9.84 Å². The average molecular weight is 282 g/mol. The molecule has 80 valence electrons. The molecule has 0 radical (unpaired) electrons. The van der Waals surface area contributed by atoms with Gasteiger partial charge in [0.05, 0.1) is 13.2 Å². The number of nitrogens with zero attached hydrogens (tertiary/aromatic N) is 3. The number of anilines is 1. The van der Waals surface area contributed by atoms with Crippen molar-refractivity contribution in [3.05, 3.63) is 3.92 Å². The Morgan fingerprint density at radius 1 is 1.50 bits per heavy atom. The van der Waals surface area contributed by atoms with E-state index in [4.69, 9.17) is 9.84 Å². The van der Waals surface area contributed by atoms with Gasteiger partial charge in [0.2, 0.25) is 5.13 Å². The zero-order valence-corrected chi connectivity index (χ0v) is 10.2. The molecular formula is C7H12BrN3O2S. The number of hydrogen-bond donors (Lipinski definition) is 1. The van der Waals surface area contributed by atoms with Crippen LogP contribution in [-0.2, 0) is 4.74 Å². The molecule has 1 aromatic rings. The SMILES string of the molecule is COCCN(CCO)c1nnc(Br)s1. The van der Waals surface area contributed by atoms with Crippen LogP contribution in [0.3, 0.4) is 0 Å². The number of aromatic nitrogens is 2. The molecule has 0 fully saturated rings. The third kappa shape index (κ3) is 3.49. The third-order valence-electron chi connectivity index (χ3n) is 1.60. The standard InChI is InChI=1S/C7H12BrN3O2S/c1-13-5-3-11(2-4-12)7-10-9-6(8)14-7/h12H,2-5H2,1H3. The van der Waals surface area contributed by atoms with Gasteiger partial charge in [-0.05, 0) is 15.9 Å². The van der Waals surface area contributed by atoms with Crippen molar-refractivity contribution in [3.8, 4) is 0 Å². The van der Waals surface area contributed by atoms with E-state index in [0.717, 1.165) is 9.05 Å². The van der Waals surface area contributed by atoms with Crippen LogP contribution in [0.4, 0.5) is 5.13 Å². The fourth-order valence-electron chi connectivity index (χ4n) is 0.951. The lowest BCUT2D eigenvalue weighted by Gasteiger charge is -2.19. The van der Waals surface area contributed by atoms with E-state index in [1.165, 1.54) is 11.3 Å². The molecule has 0 unspecified atom stereocenters. The molecule has 0 atom stereocenters. The Bertz CT molecular complexity index is 271. The number of aliphatic hydroxyl groups is 1. The largest absolute Gasteiger partial charge is 0.395 e. The summed E-state index contributed by atoms with van der Waals surface area (Å²) >= 11 is 4.68. The first kappa shape index (κ1) is 11.8. The first-order valence-electron chi connectivity index (χ1n) is 4.11. The monoisotopic (exact) mass is 281 g/mol. The highest BCUT2D eigenvalue weighted by Gasteiger charge is 2.10. The summed E-state index contributed by atoms with van der Waals surface area (Å²) in [5.41, 5.74) is 0. The number of methoxy groups -OCH3 is 1. The summed E-state index contributed by atoms with van der Waals surface area (Å²) in [5.74, 6) is 0. The molecule has 0 spiro atoms. The van der Waals surface area contributed by atoms with E-state index in [-0.39, 0.29) is 6.61 Å². The minimum atomic E-state index is 0.0981.